The highest BCUT2D eigenvalue weighted by molar-refractivity contribution is 7.12. The number of hydrogen-bond acceptors (Lipinski definition) is 2. The van der Waals surface area contributed by atoms with E-state index in [9.17, 15) is 4.79 Å². The molecule has 0 saturated carbocycles. The van der Waals surface area contributed by atoms with Crippen LogP contribution in [0.5, 0.6) is 0 Å². The topological polar surface area (TPSA) is 17.1 Å². The highest BCUT2D eigenvalue weighted by Gasteiger charge is 2.13. The van der Waals surface area contributed by atoms with Gasteiger partial charge >= 0.3 is 0 Å². The molecule has 0 spiro atoms. The molecule has 0 N–H and O–H groups in total. The molecule has 0 amide bonds. The number of carbonyl (C=O) groups excluding carboxylic acids is 1. The highest BCUT2D eigenvalue weighted by atomic mass is 35.5. The van der Waals surface area contributed by atoms with Crippen LogP contribution < -0.4 is 0 Å². The number of thiophene rings is 1. The van der Waals surface area contributed by atoms with Gasteiger partial charge in [0.15, 0.2) is 5.78 Å². The number of ketones is 1. The molecule has 1 aromatic rings. The van der Waals surface area contributed by atoms with Gasteiger partial charge in [0.1, 0.15) is 0 Å². The monoisotopic (exact) mass is 188 g/mol. The van der Waals surface area contributed by atoms with E-state index in [4.69, 9.17) is 11.6 Å². The third-order valence-electron chi connectivity index (χ3n) is 1.54. The summed E-state index contributed by atoms with van der Waals surface area (Å²) in [6.07, 6.45) is 0. The van der Waals surface area contributed by atoms with Gasteiger partial charge in [0.2, 0.25) is 0 Å². The lowest BCUT2D eigenvalue weighted by Gasteiger charge is -1.92. The fourth-order valence-corrected chi connectivity index (χ4v) is 2.50. The molecule has 1 nitrogen and oxygen atoms in total. The minimum absolute atomic E-state index is 0.0526. The van der Waals surface area contributed by atoms with Crippen molar-refractivity contribution in [1.29, 1.82) is 0 Å². The van der Waals surface area contributed by atoms with Crippen molar-refractivity contribution in [2.24, 2.45) is 0 Å². The van der Waals surface area contributed by atoms with Gasteiger partial charge in [-0.25, -0.2) is 0 Å². The van der Waals surface area contributed by atoms with E-state index in [2.05, 4.69) is 0 Å². The van der Waals surface area contributed by atoms with Crippen LogP contribution >= 0.6 is 22.9 Å². The van der Waals surface area contributed by atoms with E-state index in [0.29, 0.717) is 10.6 Å². The standard InChI is InChI=1S/C8H9ClOS/c1-4(10)7-5(2)11-6(3)8(7)9/h1-3H3. The molecule has 0 bridgehead atoms. The first-order valence-electron chi connectivity index (χ1n) is 3.30. The molecule has 1 heterocycles. The Hall–Kier alpha value is -0.340. The smallest absolute Gasteiger partial charge is 0.162 e. The molecule has 60 valence electrons. The zero-order valence-corrected chi connectivity index (χ0v) is 8.27. The van der Waals surface area contributed by atoms with Crippen molar-refractivity contribution in [2.75, 3.05) is 0 Å². The summed E-state index contributed by atoms with van der Waals surface area (Å²) in [5.41, 5.74) is 0.689. The molecule has 1 aromatic heterocycles. The lowest BCUT2D eigenvalue weighted by atomic mass is 10.2. The van der Waals surface area contributed by atoms with E-state index in [-0.39, 0.29) is 5.78 Å². The third kappa shape index (κ3) is 1.47. The average molecular weight is 189 g/mol. The number of rotatable bonds is 1. The third-order valence-corrected chi connectivity index (χ3v) is 3.14. The Balaban J connectivity index is 3.34. The average Bonchev–Trinajstić information content (AvgIpc) is 2.07. The van der Waals surface area contributed by atoms with Crippen molar-refractivity contribution in [3.05, 3.63) is 20.3 Å². The van der Waals surface area contributed by atoms with Gasteiger partial charge in [-0.3, -0.25) is 4.79 Å². The number of carbonyl (C=O) groups is 1. The van der Waals surface area contributed by atoms with Crippen molar-refractivity contribution in [3.63, 3.8) is 0 Å². The molecule has 0 unspecified atom stereocenters. The Morgan fingerprint density at radius 2 is 1.91 bits per heavy atom. The van der Waals surface area contributed by atoms with E-state index in [1.807, 2.05) is 13.8 Å². The molecule has 0 atom stereocenters. The molecule has 0 aliphatic carbocycles. The molecule has 3 heteroatoms. The van der Waals surface area contributed by atoms with E-state index < -0.39 is 0 Å². The predicted octanol–water partition coefficient (Wildman–Crippen LogP) is 3.22. The van der Waals surface area contributed by atoms with Crippen LogP contribution in [-0.4, -0.2) is 5.78 Å². The normalized spacial score (nSPS) is 10.2. The number of hydrogen-bond donors (Lipinski definition) is 0. The number of Topliss-reactive ketones (excluding diaryl/α,β-unsaturated/α-hetero) is 1. The lowest BCUT2D eigenvalue weighted by molar-refractivity contribution is 0.101. The fraction of sp³-hybridized carbons (Fsp3) is 0.375. The Bertz CT molecular complexity index is 301. The van der Waals surface area contributed by atoms with E-state index in [1.54, 1.807) is 18.3 Å². The molecule has 1 rings (SSSR count). The van der Waals surface area contributed by atoms with Gasteiger partial charge in [0, 0.05) is 15.3 Å². The summed E-state index contributed by atoms with van der Waals surface area (Å²) in [5.74, 6) is 0.0526. The quantitative estimate of drug-likeness (QED) is 0.619. The second-order valence-corrected chi connectivity index (χ2v) is 4.27. The minimum Gasteiger partial charge on any atom is -0.294 e. The maximum Gasteiger partial charge on any atom is 0.162 e. The maximum atomic E-state index is 11.0. The number of halogens is 1. The summed E-state index contributed by atoms with van der Waals surface area (Å²) in [7, 11) is 0. The van der Waals surface area contributed by atoms with Crippen molar-refractivity contribution >= 4 is 28.7 Å². The first kappa shape index (κ1) is 8.75. The largest absolute Gasteiger partial charge is 0.294 e. The van der Waals surface area contributed by atoms with Gasteiger partial charge in [0.25, 0.3) is 0 Å². The van der Waals surface area contributed by atoms with Crippen molar-refractivity contribution in [2.45, 2.75) is 20.8 Å². The van der Waals surface area contributed by atoms with Crippen molar-refractivity contribution in [3.8, 4) is 0 Å². The summed E-state index contributed by atoms with van der Waals surface area (Å²) >= 11 is 7.47. The Morgan fingerprint density at radius 3 is 2.09 bits per heavy atom. The molecule has 0 saturated heterocycles. The van der Waals surface area contributed by atoms with E-state index in [0.717, 1.165) is 9.75 Å². The van der Waals surface area contributed by atoms with Crippen LogP contribution in [-0.2, 0) is 0 Å². The Morgan fingerprint density at radius 1 is 1.36 bits per heavy atom. The van der Waals surface area contributed by atoms with Crippen LogP contribution in [0.4, 0.5) is 0 Å². The van der Waals surface area contributed by atoms with Crippen LogP contribution in [0.1, 0.15) is 27.0 Å². The summed E-state index contributed by atoms with van der Waals surface area (Å²) < 4.78 is 0. The molecule has 0 aliphatic rings. The molecule has 0 radical (unpaired) electrons. The van der Waals surface area contributed by atoms with Crippen molar-refractivity contribution < 1.29 is 4.79 Å². The zero-order valence-electron chi connectivity index (χ0n) is 6.69. The molecular weight excluding hydrogens is 180 g/mol. The molecule has 0 aliphatic heterocycles. The number of aryl methyl sites for hydroxylation is 2. The second kappa shape index (κ2) is 2.95. The van der Waals surface area contributed by atoms with Gasteiger partial charge in [-0.1, -0.05) is 11.6 Å². The minimum atomic E-state index is 0.0526. The van der Waals surface area contributed by atoms with Crippen LogP contribution in [0.3, 0.4) is 0 Å². The summed E-state index contributed by atoms with van der Waals surface area (Å²) in [4.78, 5) is 13.1. The van der Waals surface area contributed by atoms with Crippen LogP contribution in [0.15, 0.2) is 0 Å². The predicted molar refractivity (Wildman–Crippen MR) is 48.8 cm³/mol. The summed E-state index contributed by atoms with van der Waals surface area (Å²) in [5, 5.41) is 0.625. The van der Waals surface area contributed by atoms with Gasteiger partial charge in [0.05, 0.1) is 5.02 Å². The fourth-order valence-electron chi connectivity index (χ4n) is 1.06. The van der Waals surface area contributed by atoms with Crippen LogP contribution in [0.25, 0.3) is 0 Å². The van der Waals surface area contributed by atoms with Gasteiger partial charge in [-0.2, -0.15) is 0 Å². The second-order valence-electron chi connectivity index (χ2n) is 2.46. The lowest BCUT2D eigenvalue weighted by Crippen LogP contribution is -1.91. The first-order valence-corrected chi connectivity index (χ1v) is 4.50. The van der Waals surface area contributed by atoms with E-state index in [1.165, 1.54) is 0 Å². The van der Waals surface area contributed by atoms with E-state index >= 15 is 0 Å². The molecule has 0 aromatic carbocycles. The highest BCUT2D eigenvalue weighted by Crippen LogP contribution is 2.31. The Kier molecular flexibility index (Phi) is 2.35. The summed E-state index contributed by atoms with van der Waals surface area (Å²) in [6, 6.07) is 0. The zero-order chi connectivity index (χ0) is 8.59. The maximum absolute atomic E-state index is 11.0. The Labute approximate surface area is 75.0 Å². The summed E-state index contributed by atoms with van der Waals surface area (Å²) in [6.45, 7) is 5.38. The molecule has 0 fully saturated rings. The van der Waals surface area contributed by atoms with Gasteiger partial charge < -0.3 is 0 Å². The molecule has 11 heavy (non-hydrogen) atoms. The van der Waals surface area contributed by atoms with Crippen LogP contribution in [0, 0.1) is 13.8 Å². The molecular formula is C8H9ClOS. The van der Waals surface area contributed by atoms with Crippen molar-refractivity contribution in [1.82, 2.24) is 0 Å². The SMILES string of the molecule is CC(=O)c1c(C)sc(C)c1Cl. The van der Waals surface area contributed by atoms with Gasteiger partial charge in [-0.15, -0.1) is 11.3 Å². The van der Waals surface area contributed by atoms with Gasteiger partial charge in [-0.05, 0) is 20.8 Å². The van der Waals surface area contributed by atoms with Crippen LogP contribution in [0.2, 0.25) is 5.02 Å². The first-order chi connectivity index (χ1) is 5.04.